The highest BCUT2D eigenvalue weighted by Gasteiger charge is 2.32. The lowest BCUT2D eigenvalue weighted by Gasteiger charge is -2.37. The quantitative estimate of drug-likeness (QED) is 0.831. The van der Waals surface area contributed by atoms with Gasteiger partial charge in [-0.05, 0) is 30.1 Å². The van der Waals surface area contributed by atoms with Crippen molar-refractivity contribution in [2.75, 3.05) is 19.8 Å². The van der Waals surface area contributed by atoms with Crippen LogP contribution in [-0.2, 0) is 9.53 Å². The van der Waals surface area contributed by atoms with Crippen LogP contribution < -0.4 is 5.32 Å². The molecule has 0 spiro atoms. The molecule has 4 heteroatoms. The lowest BCUT2D eigenvalue weighted by Crippen LogP contribution is -2.43. The molecular formula is C15H26N2O2. The highest BCUT2D eigenvalue weighted by molar-refractivity contribution is 5.81. The molecule has 108 valence electrons. The Labute approximate surface area is 116 Å². The lowest BCUT2D eigenvalue weighted by molar-refractivity contribution is -0.125. The Balaban J connectivity index is 2.50. The topological polar surface area (TPSA) is 62.1 Å². The maximum atomic E-state index is 12.0. The zero-order valence-electron chi connectivity index (χ0n) is 12.5. The molecule has 0 aromatic heterocycles. The fourth-order valence-electron chi connectivity index (χ4n) is 2.56. The number of nitrogens with one attached hydrogen (secondary N) is 1. The van der Waals surface area contributed by atoms with E-state index in [2.05, 4.69) is 25.2 Å². The van der Waals surface area contributed by atoms with Gasteiger partial charge in [0, 0.05) is 19.8 Å². The highest BCUT2D eigenvalue weighted by Crippen LogP contribution is 2.33. The molecule has 0 radical (unpaired) electrons. The van der Waals surface area contributed by atoms with E-state index in [-0.39, 0.29) is 17.2 Å². The predicted molar refractivity (Wildman–Crippen MR) is 74.3 cm³/mol. The number of carbonyl (C=O) groups excluding carboxylic acids is 1. The van der Waals surface area contributed by atoms with E-state index < -0.39 is 5.92 Å². The Morgan fingerprint density at radius 1 is 1.42 bits per heavy atom. The van der Waals surface area contributed by atoms with E-state index in [4.69, 9.17) is 10.00 Å². The van der Waals surface area contributed by atoms with Crippen LogP contribution in [0.2, 0.25) is 0 Å². The van der Waals surface area contributed by atoms with Gasteiger partial charge in [0.05, 0.1) is 6.07 Å². The summed E-state index contributed by atoms with van der Waals surface area (Å²) in [6, 6.07) is 2.09. The van der Waals surface area contributed by atoms with Crippen molar-refractivity contribution in [2.45, 2.75) is 40.5 Å². The fraction of sp³-hybridized carbons (Fsp3) is 0.867. The van der Waals surface area contributed by atoms with E-state index in [0.717, 1.165) is 26.1 Å². The molecule has 1 N–H and O–H groups in total. The van der Waals surface area contributed by atoms with E-state index in [9.17, 15) is 4.79 Å². The van der Waals surface area contributed by atoms with Crippen molar-refractivity contribution in [3.8, 4) is 6.07 Å². The van der Waals surface area contributed by atoms with Crippen molar-refractivity contribution in [1.29, 1.82) is 5.26 Å². The van der Waals surface area contributed by atoms with Crippen molar-refractivity contribution in [3.63, 3.8) is 0 Å². The van der Waals surface area contributed by atoms with E-state index in [1.807, 2.05) is 13.8 Å². The van der Waals surface area contributed by atoms with E-state index in [1.54, 1.807) is 0 Å². The molecule has 0 aromatic rings. The normalized spacial score (nSPS) is 18.9. The smallest absolute Gasteiger partial charge is 0.237 e. The number of amides is 1. The summed E-state index contributed by atoms with van der Waals surface area (Å²) in [6.45, 7) is 10.4. The third-order valence-corrected chi connectivity index (χ3v) is 4.13. The minimum atomic E-state index is -0.550. The number of hydrogen-bond acceptors (Lipinski definition) is 3. The minimum Gasteiger partial charge on any atom is -0.381 e. The Morgan fingerprint density at radius 2 is 2.00 bits per heavy atom. The Hall–Kier alpha value is -1.08. The van der Waals surface area contributed by atoms with Crippen LogP contribution in [0.3, 0.4) is 0 Å². The first kappa shape index (κ1) is 16.0. The van der Waals surface area contributed by atoms with E-state index in [1.165, 1.54) is 0 Å². The fourth-order valence-corrected chi connectivity index (χ4v) is 2.56. The maximum absolute atomic E-state index is 12.0. The number of hydrogen-bond donors (Lipinski definition) is 1. The number of nitriles is 1. The minimum absolute atomic E-state index is 0.0520. The molecule has 0 bridgehead atoms. The van der Waals surface area contributed by atoms with E-state index >= 15 is 0 Å². The summed E-state index contributed by atoms with van der Waals surface area (Å²) in [5.41, 5.74) is 0.0520. The van der Waals surface area contributed by atoms with Gasteiger partial charge in [-0.2, -0.15) is 5.26 Å². The standard InChI is InChI=1S/C15H26N2O2/c1-11(2)13(9-16)14(18)17-10-15(3,4)12-5-7-19-8-6-12/h11-13H,5-8,10H2,1-4H3,(H,17,18). The Kier molecular flexibility index (Phi) is 5.81. The predicted octanol–water partition coefficient (Wildman–Crippen LogP) is 2.35. The summed E-state index contributed by atoms with van der Waals surface area (Å²) in [4.78, 5) is 12.0. The molecule has 0 aliphatic carbocycles. The third kappa shape index (κ3) is 4.50. The highest BCUT2D eigenvalue weighted by atomic mass is 16.5. The summed E-state index contributed by atoms with van der Waals surface area (Å²) >= 11 is 0. The maximum Gasteiger partial charge on any atom is 0.237 e. The SMILES string of the molecule is CC(C)C(C#N)C(=O)NCC(C)(C)C1CCOCC1. The molecule has 1 aliphatic rings. The first-order valence-electron chi connectivity index (χ1n) is 7.13. The molecule has 4 nitrogen and oxygen atoms in total. The van der Waals surface area contributed by atoms with E-state index in [0.29, 0.717) is 12.5 Å². The van der Waals surface area contributed by atoms with Crippen LogP contribution in [0, 0.1) is 34.5 Å². The molecule has 19 heavy (non-hydrogen) atoms. The van der Waals surface area contributed by atoms with Crippen LogP contribution in [0.25, 0.3) is 0 Å². The third-order valence-electron chi connectivity index (χ3n) is 4.13. The zero-order valence-corrected chi connectivity index (χ0v) is 12.5. The van der Waals surface area contributed by atoms with Gasteiger partial charge in [-0.25, -0.2) is 0 Å². The van der Waals surface area contributed by atoms with Crippen molar-refractivity contribution >= 4 is 5.91 Å². The van der Waals surface area contributed by atoms with Crippen LogP contribution in [0.15, 0.2) is 0 Å². The van der Waals surface area contributed by atoms with Crippen molar-refractivity contribution < 1.29 is 9.53 Å². The molecule has 1 rings (SSSR count). The molecular weight excluding hydrogens is 240 g/mol. The van der Waals surface area contributed by atoms with Crippen LogP contribution in [0.1, 0.15) is 40.5 Å². The van der Waals surface area contributed by atoms with Crippen molar-refractivity contribution in [2.24, 2.45) is 23.2 Å². The first-order valence-corrected chi connectivity index (χ1v) is 7.13. The second-order valence-corrected chi connectivity index (χ2v) is 6.44. The second kappa shape index (κ2) is 6.91. The van der Waals surface area contributed by atoms with Gasteiger partial charge >= 0.3 is 0 Å². The molecule has 1 unspecified atom stereocenters. The van der Waals surface area contributed by atoms with Gasteiger partial charge in [0.25, 0.3) is 0 Å². The number of rotatable bonds is 5. The van der Waals surface area contributed by atoms with Crippen molar-refractivity contribution in [1.82, 2.24) is 5.32 Å². The summed E-state index contributed by atoms with van der Waals surface area (Å²) in [7, 11) is 0. The van der Waals surface area contributed by atoms with Gasteiger partial charge in [-0.3, -0.25) is 4.79 Å². The summed E-state index contributed by atoms with van der Waals surface area (Å²) in [5.74, 6) is -0.0690. The van der Waals surface area contributed by atoms with Gasteiger partial charge in [-0.15, -0.1) is 0 Å². The average molecular weight is 266 g/mol. The molecule has 1 saturated heterocycles. The average Bonchev–Trinajstić information content (AvgIpc) is 2.38. The molecule has 1 aliphatic heterocycles. The Bertz CT molecular complexity index is 339. The number of carbonyl (C=O) groups is 1. The number of ether oxygens (including phenoxy) is 1. The van der Waals surface area contributed by atoms with Crippen LogP contribution in [-0.4, -0.2) is 25.7 Å². The summed E-state index contributed by atoms with van der Waals surface area (Å²) in [5, 5.41) is 12.0. The first-order chi connectivity index (χ1) is 8.88. The van der Waals surface area contributed by atoms with Gasteiger partial charge in [0.2, 0.25) is 5.91 Å². The van der Waals surface area contributed by atoms with Crippen LogP contribution in [0.5, 0.6) is 0 Å². The zero-order chi connectivity index (χ0) is 14.5. The van der Waals surface area contributed by atoms with Gasteiger partial charge in [-0.1, -0.05) is 27.7 Å². The molecule has 1 atom stereocenters. The number of nitrogens with zero attached hydrogens (tertiary/aromatic N) is 1. The van der Waals surface area contributed by atoms with Gasteiger partial charge in [0.15, 0.2) is 0 Å². The molecule has 1 fully saturated rings. The largest absolute Gasteiger partial charge is 0.381 e. The van der Waals surface area contributed by atoms with Crippen molar-refractivity contribution in [3.05, 3.63) is 0 Å². The summed E-state index contributed by atoms with van der Waals surface area (Å²) < 4.78 is 5.38. The van der Waals surface area contributed by atoms with Gasteiger partial charge < -0.3 is 10.1 Å². The molecule has 1 amide bonds. The van der Waals surface area contributed by atoms with Crippen LogP contribution in [0.4, 0.5) is 0 Å². The second-order valence-electron chi connectivity index (χ2n) is 6.44. The lowest BCUT2D eigenvalue weighted by atomic mass is 9.74. The monoisotopic (exact) mass is 266 g/mol. The molecule has 0 aromatic carbocycles. The van der Waals surface area contributed by atoms with Crippen LogP contribution >= 0.6 is 0 Å². The molecule has 0 saturated carbocycles. The molecule has 1 heterocycles. The summed E-state index contributed by atoms with van der Waals surface area (Å²) in [6.07, 6.45) is 2.10. The van der Waals surface area contributed by atoms with Gasteiger partial charge in [0.1, 0.15) is 5.92 Å². The Morgan fingerprint density at radius 3 is 2.47 bits per heavy atom.